The SMILES string of the molecule is COC(=O)c1cncc(NCCCn2ccnn2)n1. The van der Waals surface area contributed by atoms with Gasteiger partial charge in [-0.1, -0.05) is 5.21 Å². The van der Waals surface area contributed by atoms with E-state index in [-0.39, 0.29) is 5.69 Å². The zero-order valence-electron chi connectivity index (χ0n) is 10.5. The summed E-state index contributed by atoms with van der Waals surface area (Å²) in [6.45, 7) is 1.45. The molecule has 0 aliphatic carbocycles. The van der Waals surface area contributed by atoms with Crippen LogP contribution in [0, 0.1) is 0 Å². The second kappa shape index (κ2) is 6.43. The molecule has 0 amide bonds. The van der Waals surface area contributed by atoms with E-state index < -0.39 is 5.97 Å². The van der Waals surface area contributed by atoms with Gasteiger partial charge in [-0.15, -0.1) is 5.10 Å². The summed E-state index contributed by atoms with van der Waals surface area (Å²) in [7, 11) is 1.31. The summed E-state index contributed by atoms with van der Waals surface area (Å²) in [5.74, 6) is 0.0419. The smallest absolute Gasteiger partial charge is 0.358 e. The van der Waals surface area contributed by atoms with E-state index in [1.807, 2.05) is 0 Å². The van der Waals surface area contributed by atoms with Gasteiger partial charge in [-0.3, -0.25) is 9.67 Å². The summed E-state index contributed by atoms with van der Waals surface area (Å²) < 4.78 is 6.33. The molecule has 0 aliphatic rings. The Labute approximate surface area is 109 Å². The van der Waals surface area contributed by atoms with Gasteiger partial charge in [0.1, 0.15) is 5.82 Å². The van der Waals surface area contributed by atoms with Crippen LogP contribution < -0.4 is 5.32 Å². The minimum atomic E-state index is -0.501. The van der Waals surface area contributed by atoms with Crippen LogP contribution in [0.5, 0.6) is 0 Å². The highest BCUT2D eigenvalue weighted by atomic mass is 16.5. The fourth-order valence-electron chi connectivity index (χ4n) is 1.46. The number of nitrogens with one attached hydrogen (secondary N) is 1. The lowest BCUT2D eigenvalue weighted by atomic mass is 10.4. The normalized spacial score (nSPS) is 10.2. The molecule has 0 aromatic carbocycles. The third kappa shape index (κ3) is 3.73. The highest BCUT2D eigenvalue weighted by Crippen LogP contribution is 2.03. The Morgan fingerprint density at radius 3 is 3.11 bits per heavy atom. The minimum Gasteiger partial charge on any atom is -0.464 e. The molecule has 0 radical (unpaired) electrons. The van der Waals surface area contributed by atoms with E-state index >= 15 is 0 Å². The Morgan fingerprint density at radius 2 is 2.37 bits per heavy atom. The van der Waals surface area contributed by atoms with Crippen molar-refractivity contribution >= 4 is 11.8 Å². The zero-order valence-corrected chi connectivity index (χ0v) is 10.5. The van der Waals surface area contributed by atoms with Crippen LogP contribution in [0.25, 0.3) is 0 Å². The topological polar surface area (TPSA) is 94.8 Å². The van der Waals surface area contributed by atoms with Crippen LogP contribution in [-0.2, 0) is 11.3 Å². The monoisotopic (exact) mass is 262 g/mol. The number of ether oxygens (including phenoxy) is 1. The minimum absolute atomic E-state index is 0.184. The number of aromatic nitrogens is 5. The van der Waals surface area contributed by atoms with Gasteiger partial charge in [0.05, 0.1) is 25.7 Å². The lowest BCUT2D eigenvalue weighted by Gasteiger charge is -2.06. The number of esters is 1. The quantitative estimate of drug-likeness (QED) is 0.593. The average Bonchev–Trinajstić information content (AvgIpc) is 2.96. The molecule has 2 aromatic heterocycles. The van der Waals surface area contributed by atoms with Crippen molar-refractivity contribution in [2.45, 2.75) is 13.0 Å². The Hall–Kier alpha value is -2.51. The number of hydrogen-bond acceptors (Lipinski definition) is 7. The molecule has 0 spiro atoms. The number of methoxy groups -OCH3 is 1. The molecule has 8 heteroatoms. The molecule has 0 saturated heterocycles. The third-order valence-corrected chi connectivity index (χ3v) is 2.37. The lowest BCUT2D eigenvalue weighted by molar-refractivity contribution is 0.0593. The van der Waals surface area contributed by atoms with Crippen molar-refractivity contribution in [3.05, 3.63) is 30.5 Å². The van der Waals surface area contributed by atoms with Crippen molar-refractivity contribution in [1.29, 1.82) is 0 Å². The number of carbonyl (C=O) groups excluding carboxylic acids is 1. The highest BCUT2D eigenvalue weighted by molar-refractivity contribution is 5.87. The van der Waals surface area contributed by atoms with Crippen LogP contribution in [0.4, 0.5) is 5.82 Å². The second-order valence-electron chi connectivity index (χ2n) is 3.73. The van der Waals surface area contributed by atoms with Gasteiger partial charge in [0.2, 0.25) is 0 Å². The van der Waals surface area contributed by atoms with Crippen LogP contribution in [0.2, 0.25) is 0 Å². The van der Waals surface area contributed by atoms with Gasteiger partial charge in [-0.25, -0.2) is 9.78 Å². The molecule has 0 saturated carbocycles. The van der Waals surface area contributed by atoms with Crippen LogP contribution in [0.1, 0.15) is 16.9 Å². The highest BCUT2D eigenvalue weighted by Gasteiger charge is 2.07. The van der Waals surface area contributed by atoms with Crippen molar-refractivity contribution in [3.8, 4) is 0 Å². The number of aryl methyl sites for hydroxylation is 1. The Kier molecular flexibility index (Phi) is 4.38. The molecule has 0 fully saturated rings. The van der Waals surface area contributed by atoms with Crippen LogP contribution in [-0.4, -0.2) is 44.6 Å². The summed E-state index contributed by atoms with van der Waals surface area (Å²) >= 11 is 0. The van der Waals surface area contributed by atoms with Crippen molar-refractivity contribution in [1.82, 2.24) is 25.0 Å². The van der Waals surface area contributed by atoms with Crippen molar-refractivity contribution in [2.24, 2.45) is 0 Å². The predicted octanol–water partition coefficient (Wildman–Crippen LogP) is 0.357. The van der Waals surface area contributed by atoms with Crippen molar-refractivity contribution in [2.75, 3.05) is 19.0 Å². The number of carbonyl (C=O) groups is 1. The maximum absolute atomic E-state index is 11.3. The van der Waals surface area contributed by atoms with Crippen LogP contribution >= 0.6 is 0 Å². The van der Waals surface area contributed by atoms with E-state index in [0.717, 1.165) is 13.0 Å². The van der Waals surface area contributed by atoms with E-state index in [1.165, 1.54) is 13.3 Å². The van der Waals surface area contributed by atoms with Gasteiger partial charge in [-0.05, 0) is 6.42 Å². The first-order valence-electron chi connectivity index (χ1n) is 5.78. The molecule has 2 rings (SSSR count). The third-order valence-electron chi connectivity index (χ3n) is 2.37. The van der Waals surface area contributed by atoms with Gasteiger partial charge >= 0.3 is 5.97 Å². The van der Waals surface area contributed by atoms with Crippen LogP contribution in [0.3, 0.4) is 0 Å². The second-order valence-corrected chi connectivity index (χ2v) is 3.73. The van der Waals surface area contributed by atoms with Crippen LogP contribution in [0.15, 0.2) is 24.8 Å². The first kappa shape index (κ1) is 12.9. The molecule has 2 aromatic rings. The van der Waals surface area contributed by atoms with Gasteiger partial charge < -0.3 is 10.1 Å². The van der Waals surface area contributed by atoms with E-state index in [0.29, 0.717) is 12.4 Å². The summed E-state index contributed by atoms with van der Waals surface area (Å²) in [5.41, 5.74) is 0.184. The van der Waals surface area contributed by atoms with Gasteiger partial charge in [0.15, 0.2) is 5.69 Å². The molecule has 0 unspecified atom stereocenters. The number of rotatable bonds is 6. The zero-order chi connectivity index (χ0) is 13.5. The Morgan fingerprint density at radius 1 is 1.47 bits per heavy atom. The van der Waals surface area contributed by atoms with Gasteiger partial charge in [0, 0.05) is 19.3 Å². The van der Waals surface area contributed by atoms with E-state index in [2.05, 4.69) is 30.3 Å². The first-order chi connectivity index (χ1) is 9.29. The van der Waals surface area contributed by atoms with Gasteiger partial charge in [0.25, 0.3) is 0 Å². The number of anilines is 1. The predicted molar refractivity (Wildman–Crippen MR) is 66.5 cm³/mol. The molecule has 19 heavy (non-hydrogen) atoms. The molecule has 8 nitrogen and oxygen atoms in total. The van der Waals surface area contributed by atoms with Crippen molar-refractivity contribution in [3.63, 3.8) is 0 Å². The maximum Gasteiger partial charge on any atom is 0.358 e. The van der Waals surface area contributed by atoms with Crippen molar-refractivity contribution < 1.29 is 9.53 Å². The van der Waals surface area contributed by atoms with E-state index in [9.17, 15) is 4.79 Å². The molecular weight excluding hydrogens is 248 g/mol. The summed E-state index contributed by atoms with van der Waals surface area (Å²) in [6, 6.07) is 0. The summed E-state index contributed by atoms with van der Waals surface area (Å²) in [6.07, 6.45) is 7.22. The van der Waals surface area contributed by atoms with E-state index in [4.69, 9.17) is 0 Å². The van der Waals surface area contributed by atoms with Gasteiger partial charge in [-0.2, -0.15) is 0 Å². The fraction of sp³-hybridized carbons (Fsp3) is 0.364. The molecule has 0 bridgehead atoms. The number of hydrogen-bond donors (Lipinski definition) is 1. The average molecular weight is 262 g/mol. The molecule has 0 aliphatic heterocycles. The molecule has 1 N–H and O–H groups in total. The standard InChI is InChI=1S/C11H14N6O2/c1-19-11(18)9-7-12-8-10(15-9)13-3-2-5-17-6-4-14-16-17/h4,6-8H,2-3,5H2,1H3,(H,13,15). The largest absolute Gasteiger partial charge is 0.464 e. The molecule has 2 heterocycles. The maximum atomic E-state index is 11.3. The first-order valence-corrected chi connectivity index (χ1v) is 5.78. The lowest BCUT2D eigenvalue weighted by Crippen LogP contribution is -2.11. The molecule has 100 valence electrons. The molecule has 0 atom stereocenters. The fourth-order valence-corrected chi connectivity index (χ4v) is 1.46. The Balaban J connectivity index is 1.81. The molecular formula is C11H14N6O2. The Bertz CT molecular complexity index is 528. The van der Waals surface area contributed by atoms with E-state index in [1.54, 1.807) is 23.3 Å². The summed E-state index contributed by atoms with van der Waals surface area (Å²) in [5, 5.41) is 10.7. The summed E-state index contributed by atoms with van der Waals surface area (Å²) in [4.78, 5) is 19.3. The number of nitrogens with zero attached hydrogens (tertiary/aromatic N) is 5.